The van der Waals surface area contributed by atoms with Crippen molar-refractivity contribution in [1.29, 1.82) is 0 Å². The number of nitrogens with zero attached hydrogens (tertiary/aromatic N) is 8. The molecule has 1 fully saturated rings. The molecule has 0 atom stereocenters. The number of hydrogen-bond donors (Lipinski definition) is 0. The zero-order valence-electron chi connectivity index (χ0n) is 23.8. The van der Waals surface area contributed by atoms with Gasteiger partial charge in [-0.15, -0.1) is 5.10 Å². The van der Waals surface area contributed by atoms with Crippen molar-refractivity contribution in [1.82, 2.24) is 34.8 Å². The van der Waals surface area contributed by atoms with Crippen molar-refractivity contribution in [3.8, 4) is 16.9 Å². The maximum atomic E-state index is 13.1. The molecule has 0 bridgehead atoms. The monoisotopic (exact) mass is 578 g/mol. The van der Waals surface area contributed by atoms with Crippen LogP contribution in [-0.4, -0.2) is 72.8 Å². The Hall–Kier alpha value is -4.19. The third-order valence-electron chi connectivity index (χ3n) is 7.75. The van der Waals surface area contributed by atoms with Crippen LogP contribution in [0, 0.1) is 6.92 Å². The Balaban J connectivity index is 1.31. The number of piperazine rings is 1. The molecule has 1 saturated heterocycles. The highest BCUT2D eigenvalue weighted by atomic mass is 19.4. The van der Waals surface area contributed by atoms with Crippen molar-refractivity contribution in [3.63, 3.8) is 0 Å². The highest BCUT2D eigenvalue weighted by molar-refractivity contribution is 5.95. The van der Waals surface area contributed by atoms with E-state index < -0.39 is 17.5 Å². The van der Waals surface area contributed by atoms with Gasteiger partial charge in [0, 0.05) is 62.8 Å². The minimum absolute atomic E-state index is 0.160. The van der Waals surface area contributed by atoms with Crippen molar-refractivity contribution < 1.29 is 18.0 Å². The molecular weight excluding hydrogens is 545 g/mol. The first kappa shape index (κ1) is 29.3. The summed E-state index contributed by atoms with van der Waals surface area (Å²) in [5, 5.41) is 8.64. The Kier molecular flexibility index (Phi) is 8.62. The van der Waals surface area contributed by atoms with E-state index in [0.717, 1.165) is 68.6 Å². The number of carbonyl (C=O) groups is 1. The van der Waals surface area contributed by atoms with Crippen LogP contribution >= 0.6 is 0 Å². The number of ketones is 1. The zero-order valence-corrected chi connectivity index (χ0v) is 23.8. The quantitative estimate of drug-likeness (QED) is 0.251. The summed E-state index contributed by atoms with van der Waals surface area (Å²) in [6.45, 7) is 10.2. The number of aryl methyl sites for hydroxylation is 1. The van der Waals surface area contributed by atoms with Gasteiger partial charge in [-0.1, -0.05) is 19.1 Å². The van der Waals surface area contributed by atoms with Crippen molar-refractivity contribution in [2.45, 2.75) is 52.3 Å². The Morgan fingerprint density at radius 3 is 2.48 bits per heavy atom. The first-order chi connectivity index (χ1) is 20.2. The predicted molar refractivity (Wildman–Crippen MR) is 153 cm³/mol. The van der Waals surface area contributed by atoms with E-state index in [9.17, 15) is 18.0 Å². The van der Waals surface area contributed by atoms with Gasteiger partial charge in [-0.2, -0.15) is 13.2 Å². The fourth-order valence-corrected chi connectivity index (χ4v) is 5.33. The zero-order chi connectivity index (χ0) is 29.9. The number of hydrogen-bond acceptors (Lipinski definition) is 8. The summed E-state index contributed by atoms with van der Waals surface area (Å²) < 4.78 is 40.8. The van der Waals surface area contributed by atoms with Gasteiger partial charge in [0.2, 0.25) is 0 Å². The van der Waals surface area contributed by atoms with Crippen molar-refractivity contribution in [2.24, 2.45) is 0 Å². The molecule has 5 heterocycles. The molecule has 0 saturated carbocycles. The summed E-state index contributed by atoms with van der Waals surface area (Å²) in [5.41, 5.74) is 3.11. The lowest BCUT2D eigenvalue weighted by Crippen LogP contribution is -2.50. The molecule has 1 aliphatic heterocycles. The lowest BCUT2D eigenvalue weighted by molar-refractivity contribution is -0.137. The Morgan fingerprint density at radius 1 is 1.00 bits per heavy atom. The Morgan fingerprint density at radius 2 is 1.76 bits per heavy atom. The molecule has 220 valence electrons. The number of rotatable bonds is 9. The second kappa shape index (κ2) is 12.4. The van der Waals surface area contributed by atoms with Crippen LogP contribution in [0.5, 0.6) is 0 Å². The predicted octanol–water partition coefficient (Wildman–Crippen LogP) is 5.18. The summed E-state index contributed by atoms with van der Waals surface area (Å²) in [4.78, 5) is 30.3. The van der Waals surface area contributed by atoms with Gasteiger partial charge in [-0.3, -0.25) is 24.6 Å². The molecule has 9 nitrogen and oxygen atoms in total. The van der Waals surface area contributed by atoms with E-state index in [4.69, 9.17) is 0 Å². The summed E-state index contributed by atoms with van der Waals surface area (Å²) in [5.74, 6) is -0.541. The van der Waals surface area contributed by atoms with Gasteiger partial charge in [-0.05, 0) is 49.6 Å². The number of Topliss-reactive ketones (excluding diaryl/α,β-unsaturated/α-hetero) is 1. The lowest BCUT2D eigenvalue weighted by Gasteiger charge is -2.39. The second-order valence-corrected chi connectivity index (χ2v) is 10.4. The van der Waals surface area contributed by atoms with Gasteiger partial charge < -0.3 is 4.90 Å². The largest absolute Gasteiger partial charge is 0.416 e. The molecule has 0 radical (unpaired) electrons. The van der Waals surface area contributed by atoms with Crippen molar-refractivity contribution >= 4 is 11.5 Å². The summed E-state index contributed by atoms with van der Waals surface area (Å²) in [6, 6.07) is 6.03. The number of pyridine rings is 3. The summed E-state index contributed by atoms with van der Waals surface area (Å²) in [7, 11) is 0. The molecule has 0 N–H and O–H groups in total. The number of alkyl halides is 3. The fraction of sp³-hybridized carbons (Fsp3) is 0.400. The molecule has 12 heteroatoms. The lowest BCUT2D eigenvalue weighted by atomic mass is 10.1. The topological polar surface area (TPSA) is 92.9 Å². The van der Waals surface area contributed by atoms with E-state index in [2.05, 4.69) is 55.0 Å². The molecule has 42 heavy (non-hydrogen) atoms. The molecule has 0 aromatic carbocycles. The van der Waals surface area contributed by atoms with Crippen LogP contribution in [0.1, 0.15) is 54.0 Å². The van der Waals surface area contributed by atoms with Crippen LogP contribution in [0.4, 0.5) is 18.9 Å². The molecule has 1 aliphatic rings. The molecule has 0 aliphatic carbocycles. The normalized spacial score (nSPS) is 14.5. The average molecular weight is 579 g/mol. The highest BCUT2D eigenvalue weighted by Gasteiger charge is 2.31. The van der Waals surface area contributed by atoms with E-state index in [0.29, 0.717) is 28.7 Å². The van der Waals surface area contributed by atoms with E-state index in [-0.39, 0.29) is 12.1 Å². The molecular formula is C30H33F3N8O. The third kappa shape index (κ3) is 6.48. The first-order valence-corrected chi connectivity index (χ1v) is 14.0. The minimum Gasteiger partial charge on any atom is -0.368 e. The third-order valence-corrected chi connectivity index (χ3v) is 7.75. The second-order valence-electron chi connectivity index (χ2n) is 10.4. The van der Waals surface area contributed by atoms with Crippen LogP contribution in [-0.2, 0) is 12.6 Å². The number of halogens is 3. The average Bonchev–Trinajstić information content (AvgIpc) is 3.49. The van der Waals surface area contributed by atoms with Crippen molar-refractivity contribution in [3.05, 3.63) is 77.8 Å². The minimum atomic E-state index is -4.56. The molecule has 4 aromatic heterocycles. The molecule has 0 amide bonds. The molecule has 4 aromatic rings. The van der Waals surface area contributed by atoms with E-state index in [1.54, 1.807) is 30.1 Å². The Bertz CT molecular complexity index is 1540. The van der Waals surface area contributed by atoms with E-state index in [1.165, 1.54) is 6.20 Å². The van der Waals surface area contributed by atoms with Gasteiger partial charge in [0.05, 0.1) is 35.0 Å². The number of carbonyl (C=O) groups excluding carboxylic acids is 1. The van der Waals surface area contributed by atoms with Crippen LogP contribution < -0.4 is 4.90 Å². The van der Waals surface area contributed by atoms with Gasteiger partial charge in [0.25, 0.3) is 0 Å². The first-order valence-electron chi connectivity index (χ1n) is 14.0. The molecule has 0 spiro atoms. The smallest absolute Gasteiger partial charge is 0.368 e. The highest BCUT2D eigenvalue weighted by Crippen LogP contribution is 2.29. The maximum absolute atomic E-state index is 13.1. The molecule has 5 rings (SSSR count). The number of aromatic nitrogens is 6. The van der Waals surface area contributed by atoms with Crippen LogP contribution in [0.25, 0.3) is 16.9 Å². The standard InChI is InChI=1S/C30H33F3N8O/c1-4-24(5-2)39-8-10-40(11-9-39)25-14-22(17-34-18-25)27-19-41(38-37-27)28-12-21(16-36-20(28)3)13-29(42)26-15-23(6-7-35-26)30(31,32)33/h6-7,12,14-19,24H,4-5,8-11,13H2,1-3H3. The van der Waals surface area contributed by atoms with Crippen LogP contribution in [0.2, 0.25) is 0 Å². The number of anilines is 1. The maximum Gasteiger partial charge on any atom is 0.416 e. The summed E-state index contributed by atoms with van der Waals surface area (Å²) >= 11 is 0. The van der Waals surface area contributed by atoms with Crippen LogP contribution in [0.3, 0.4) is 0 Å². The Labute approximate surface area is 242 Å². The SMILES string of the molecule is CCC(CC)N1CCN(c2cncc(-c3cn(-c4cc(CC(=O)c5cc(C(F)(F)F)ccn5)cnc4C)nn3)c2)CC1. The summed E-state index contributed by atoms with van der Waals surface area (Å²) in [6.07, 6.45) is 5.51. The van der Waals surface area contributed by atoms with Crippen LogP contribution in [0.15, 0.2) is 55.2 Å². The van der Waals surface area contributed by atoms with Gasteiger partial charge in [0.15, 0.2) is 5.78 Å². The van der Waals surface area contributed by atoms with Gasteiger partial charge in [-0.25, -0.2) is 4.68 Å². The van der Waals surface area contributed by atoms with E-state index in [1.807, 2.05) is 6.20 Å². The molecule has 0 unspecified atom stereocenters. The van der Waals surface area contributed by atoms with Crippen molar-refractivity contribution in [2.75, 3.05) is 31.1 Å². The van der Waals surface area contributed by atoms with E-state index >= 15 is 0 Å². The van der Waals surface area contributed by atoms with Gasteiger partial charge in [0.1, 0.15) is 11.4 Å². The fourth-order valence-electron chi connectivity index (χ4n) is 5.33. The van der Waals surface area contributed by atoms with Gasteiger partial charge >= 0.3 is 6.18 Å².